The summed E-state index contributed by atoms with van der Waals surface area (Å²) < 4.78 is 8.76. The number of rotatable bonds is 5. The van der Waals surface area contributed by atoms with E-state index >= 15 is 0 Å². The molecule has 6 heteroatoms. The minimum atomic E-state index is -0.248. The Balaban J connectivity index is 1.78. The zero-order chi connectivity index (χ0) is 20.4. The van der Waals surface area contributed by atoms with Crippen molar-refractivity contribution in [2.24, 2.45) is 4.99 Å². The van der Waals surface area contributed by atoms with E-state index in [1.165, 1.54) is 11.3 Å². The summed E-state index contributed by atoms with van der Waals surface area (Å²) in [6.07, 6.45) is 0. The summed E-state index contributed by atoms with van der Waals surface area (Å²) in [4.78, 5) is 22.6. The van der Waals surface area contributed by atoms with Gasteiger partial charge in [-0.25, -0.2) is 0 Å². The Kier molecular flexibility index (Phi) is 5.56. The average molecular weight is 406 g/mol. The van der Waals surface area contributed by atoms with Gasteiger partial charge >= 0.3 is 0 Å². The van der Waals surface area contributed by atoms with Gasteiger partial charge < -0.3 is 9.30 Å². The number of ether oxygens (including phenoxy) is 1. The van der Waals surface area contributed by atoms with Crippen LogP contribution in [0.5, 0.6) is 0 Å². The molecule has 0 aliphatic heterocycles. The van der Waals surface area contributed by atoms with Crippen LogP contribution in [0.3, 0.4) is 0 Å². The number of pyridine rings is 1. The van der Waals surface area contributed by atoms with Crippen LogP contribution < -0.4 is 4.80 Å². The van der Waals surface area contributed by atoms with Crippen molar-refractivity contribution in [3.8, 4) is 0 Å². The minimum absolute atomic E-state index is 0.248. The van der Waals surface area contributed by atoms with Crippen molar-refractivity contribution >= 4 is 38.4 Å². The third-order valence-corrected chi connectivity index (χ3v) is 5.88. The van der Waals surface area contributed by atoms with E-state index in [0.29, 0.717) is 30.1 Å². The number of amides is 1. The Labute approximate surface area is 173 Å². The highest BCUT2D eigenvalue weighted by Crippen LogP contribution is 2.21. The maximum absolute atomic E-state index is 12.9. The molecule has 4 aromatic rings. The van der Waals surface area contributed by atoms with E-state index in [1.807, 2.05) is 44.2 Å². The average Bonchev–Trinajstić information content (AvgIpc) is 3.06. The summed E-state index contributed by atoms with van der Waals surface area (Å²) in [6.45, 7) is 7.92. The molecule has 2 heterocycles. The molecule has 148 valence electrons. The second-order valence-corrected chi connectivity index (χ2v) is 7.94. The zero-order valence-electron chi connectivity index (χ0n) is 16.8. The molecule has 4 rings (SSSR count). The van der Waals surface area contributed by atoms with Crippen molar-refractivity contribution in [1.82, 2.24) is 9.55 Å². The molecule has 1 amide bonds. The molecule has 0 aliphatic carbocycles. The molecule has 29 heavy (non-hydrogen) atoms. The molecule has 2 aromatic carbocycles. The third kappa shape index (κ3) is 3.99. The Hall–Kier alpha value is -2.83. The molecular weight excluding hydrogens is 382 g/mol. The largest absolute Gasteiger partial charge is 0.380 e. The molecule has 0 N–H and O–H groups in total. The first-order chi connectivity index (χ1) is 14.1. The summed E-state index contributed by atoms with van der Waals surface area (Å²) in [7, 11) is 0. The van der Waals surface area contributed by atoms with Crippen molar-refractivity contribution in [2.45, 2.75) is 27.3 Å². The van der Waals surface area contributed by atoms with E-state index in [2.05, 4.69) is 33.6 Å². The van der Waals surface area contributed by atoms with E-state index in [1.54, 1.807) is 6.07 Å². The Morgan fingerprint density at radius 2 is 2.03 bits per heavy atom. The maximum atomic E-state index is 12.9. The van der Waals surface area contributed by atoms with Gasteiger partial charge in [0, 0.05) is 29.8 Å². The van der Waals surface area contributed by atoms with Crippen LogP contribution >= 0.6 is 11.3 Å². The van der Waals surface area contributed by atoms with Crippen LogP contribution in [0, 0.1) is 13.8 Å². The Bertz CT molecular complexity index is 1270. The van der Waals surface area contributed by atoms with Gasteiger partial charge in [0.1, 0.15) is 0 Å². The van der Waals surface area contributed by atoms with Crippen molar-refractivity contribution in [1.29, 1.82) is 0 Å². The predicted octanol–water partition coefficient (Wildman–Crippen LogP) is 4.65. The summed E-state index contributed by atoms with van der Waals surface area (Å²) in [5.74, 6) is -0.248. The maximum Gasteiger partial charge on any atom is 0.279 e. The Morgan fingerprint density at radius 1 is 1.17 bits per heavy atom. The lowest BCUT2D eigenvalue weighted by atomic mass is 10.1. The van der Waals surface area contributed by atoms with E-state index in [4.69, 9.17) is 4.74 Å². The highest BCUT2D eigenvalue weighted by Gasteiger charge is 2.11. The quantitative estimate of drug-likeness (QED) is 0.454. The molecule has 2 aromatic heterocycles. The summed E-state index contributed by atoms with van der Waals surface area (Å²) in [5, 5.41) is 0.938. The highest BCUT2D eigenvalue weighted by molar-refractivity contribution is 7.16. The molecule has 0 saturated heterocycles. The summed E-state index contributed by atoms with van der Waals surface area (Å²) in [6, 6.07) is 15.6. The second-order valence-electron chi connectivity index (χ2n) is 6.93. The summed E-state index contributed by atoms with van der Waals surface area (Å²) in [5.41, 5.74) is 4.68. The van der Waals surface area contributed by atoms with Gasteiger partial charge in [0.2, 0.25) is 0 Å². The molecule has 0 bridgehead atoms. The Morgan fingerprint density at radius 3 is 2.86 bits per heavy atom. The van der Waals surface area contributed by atoms with Crippen molar-refractivity contribution in [2.75, 3.05) is 13.2 Å². The standard InChI is InChI=1S/C23H23N3O2S/c1-4-28-13-12-26-21-15(2)6-5-7-20(21)29-23(26)25-22(27)18-10-11-19-17(14-18)9-8-16(3)24-19/h5-11,14H,4,12-13H2,1-3H3. The lowest BCUT2D eigenvalue weighted by Gasteiger charge is -2.07. The number of aromatic nitrogens is 2. The van der Waals surface area contributed by atoms with Gasteiger partial charge in [-0.2, -0.15) is 4.99 Å². The van der Waals surface area contributed by atoms with Crippen molar-refractivity contribution < 1.29 is 9.53 Å². The van der Waals surface area contributed by atoms with Gasteiger partial charge in [-0.15, -0.1) is 0 Å². The van der Waals surface area contributed by atoms with Gasteiger partial charge in [-0.05, 0) is 56.7 Å². The van der Waals surface area contributed by atoms with Gasteiger partial charge in [0.15, 0.2) is 4.80 Å². The lowest BCUT2D eigenvalue weighted by Crippen LogP contribution is -2.20. The number of fused-ring (bicyclic) bond motifs is 2. The highest BCUT2D eigenvalue weighted by atomic mass is 32.1. The first kappa shape index (κ1) is 19.5. The number of hydrogen-bond donors (Lipinski definition) is 0. The van der Waals surface area contributed by atoms with Crippen LogP contribution in [-0.2, 0) is 11.3 Å². The fraction of sp³-hybridized carbons (Fsp3) is 0.261. The molecule has 0 fully saturated rings. The number of carbonyl (C=O) groups excluding carboxylic acids is 1. The molecule has 0 radical (unpaired) electrons. The molecule has 0 spiro atoms. The first-order valence-corrected chi connectivity index (χ1v) is 10.5. The molecular formula is C23H23N3O2S. The number of hydrogen-bond acceptors (Lipinski definition) is 4. The fourth-order valence-electron chi connectivity index (χ4n) is 3.41. The topological polar surface area (TPSA) is 56.5 Å². The summed E-state index contributed by atoms with van der Waals surface area (Å²) >= 11 is 1.53. The number of para-hydroxylation sites is 1. The van der Waals surface area contributed by atoms with Crippen LogP contribution in [-0.4, -0.2) is 28.7 Å². The number of benzene rings is 2. The van der Waals surface area contributed by atoms with E-state index in [9.17, 15) is 4.79 Å². The smallest absolute Gasteiger partial charge is 0.279 e. The third-order valence-electron chi connectivity index (χ3n) is 4.84. The van der Waals surface area contributed by atoms with Crippen LogP contribution in [0.4, 0.5) is 0 Å². The molecule has 0 unspecified atom stereocenters. The SMILES string of the molecule is CCOCCn1c(=NC(=O)c2ccc3nc(C)ccc3c2)sc2cccc(C)c21. The van der Waals surface area contributed by atoms with E-state index in [0.717, 1.165) is 32.4 Å². The van der Waals surface area contributed by atoms with Crippen LogP contribution in [0.2, 0.25) is 0 Å². The van der Waals surface area contributed by atoms with E-state index in [-0.39, 0.29) is 5.91 Å². The molecule has 0 saturated carbocycles. The molecule has 0 atom stereocenters. The fourth-order valence-corrected chi connectivity index (χ4v) is 4.54. The normalized spacial score (nSPS) is 12.2. The minimum Gasteiger partial charge on any atom is -0.380 e. The van der Waals surface area contributed by atoms with Gasteiger partial charge in [-0.1, -0.05) is 29.5 Å². The number of thiazole rings is 1. The number of nitrogens with zero attached hydrogens (tertiary/aromatic N) is 3. The van der Waals surface area contributed by atoms with Gasteiger partial charge in [0.05, 0.1) is 22.3 Å². The monoisotopic (exact) mass is 405 g/mol. The lowest BCUT2D eigenvalue weighted by molar-refractivity contribution is 0.0996. The van der Waals surface area contributed by atoms with Crippen LogP contribution in [0.15, 0.2) is 53.5 Å². The van der Waals surface area contributed by atoms with Crippen molar-refractivity contribution in [3.05, 3.63) is 70.2 Å². The predicted molar refractivity (Wildman–Crippen MR) is 117 cm³/mol. The second kappa shape index (κ2) is 8.27. The van der Waals surface area contributed by atoms with Crippen LogP contribution in [0.25, 0.3) is 21.1 Å². The number of carbonyl (C=O) groups is 1. The van der Waals surface area contributed by atoms with Crippen LogP contribution in [0.1, 0.15) is 28.5 Å². The first-order valence-electron chi connectivity index (χ1n) is 9.70. The van der Waals surface area contributed by atoms with E-state index < -0.39 is 0 Å². The molecule has 0 aliphatic rings. The van der Waals surface area contributed by atoms with Gasteiger partial charge in [0.25, 0.3) is 5.91 Å². The molecule has 5 nitrogen and oxygen atoms in total. The number of aryl methyl sites for hydroxylation is 2. The van der Waals surface area contributed by atoms with Crippen molar-refractivity contribution in [3.63, 3.8) is 0 Å². The van der Waals surface area contributed by atoms with Gasteiger partial charge in [-0.3, -0.25) is 9.78 Å². The zero-order valence-corrected chi connectivity index (χ0v) is 17.6.